The topological polar surface area (TPSA) is 71.9 Å². The van der Waals surface area contributed by atoms with Crippen molar-refractivity contribution in [3.8, 4) is 0 Å². The van der Waals surface area contributed by atoms with Crippen LogP contribution in [0.15, 0.2) is 37.2 Å². The summed E-state index contributed by atoms with van der Waals surface area (Å²) in [4.78, 5) is 15.6. The highest BCUT2D eigenvalue weighted by Crippen LogP contribution is 2.36. The molecule has 28 heavy (non-hydrogen) atoms. The number of piperidine rings is 1. The lowest BCUT2D eigenvalue weighted by molar-refractivity contribution is -0.192. The number of rotatable bonds is 5. The fourth-order valence-electron chi connectivity index (χ4n) is 3.47. The van der Waals surface area contributed by atoms with Gasteiger partial charge in [-0.05, 0) is 31.0 Å². The number of hydrogen-bond acceptors (Lipinski definition) is 5. The Balaban J connectivity index is 0.000000345. The first-order valence-electron chi connectivity index (χ1n) is 9.02. The van der Waals surface area contributed by atoms with E-state index in [1.807, 2.05) is 18.5 Å². The van der Waals surface area contributed by atoms with Gasteiger partial charge in [-0.1, -0.05) is 12.1 Å². The SMILES string of the molecule is C=CCOC1COC2(CCCN(Cc3cccnc3)C2)C1.O=C(O)C(F)(F)F. The monoisotopic (exact) mass is 402 g/mol. The van der Waals surface area contributed by atoms with Gasteiger partial charge in [-0.3, -0.25) is 9.88 Å². The number of alkyl halides is 3. The van der Waals surface area contributed by atoms with Crippen molar-refractivity contribution in [2.75, 3.05) is 26.3 Å². The van der Waals surface area contributed by atoms with Gasteiger partial charge in [-0.25, -0.2) is 4.79 Å². The van der Waals surface area contributed by atoms with E-state index in [4.69, 9.17) is 19.4 Å². The van der Waals surface area contributed by atoms with Crippen molar-refractivity contribution in [2.45, 2.75) is 43.7 Å². The van der Waals surface area contributed by atoms with Crippen LogP contribution in [0.4, 0.5) is 13.2 Å². The molecule has 6 nitrogen and oxygen atoms in total. The van der Waals surface area contributed by atoms with Gasteiger partial charge >= 0.3 is 12.1 Å². The molecule has 2 unspecified atom stereocenters. The van der Waals surface area contributed by atoms with Crippen LogP contribution in [0.1, 0.15) is 24.8 Å². The number of nitrogens with zero attached hydrogens (tertiary/aromatic N) is 2. The fourth-order valence-corrected chi connectivity index (χ4v) is 3.47. The van der Waals surface area contributed by atoms with Crippen LogP contribution in [-0.4, -0.2) is 65.1 Å². The number of carboxylic acid groups (broad SMARTS) is 1. The van der Waals surface area contributed by atoms with Gasteiger partial charge in [-0.15, -0.1) is 6.58 Å². The minimum atomic E-state index is -5.08. The molecule has 9 heteroatoms. The molecule has 2 saturated heterocycles. The first-order valence-corrected chi connectivity index (χ1v) is 9.02. The number of carboxylic acids is 1. The molecule has 156 valence electrons. The average Bonchev–Trinajstić information content (AvgIpc) is 3.02. The molecule has 1 aromatic heterocycles. The van der Waals surface area contributed by atoms with Crippen LogP contribution >= 0.6 is 0 Å². The summed E-state index contributed by atoms with van der Waals surface area (Å²) in [7, 11) is 0. The van der Waals surface area contributed by atoms with Crippen LogP contribution in [0.3, 0.4) is 0 Å². The zero-order valence-electron chi connectivity index (χ0n) is 15.5. The van der Waals surface area contributed by atoms with Crippen molar-refractivity contribution >= 4 is 5.97 Å². The Morgan fingerprint density at radius 1 is 1.54 bits per heavy atom. The molecule has 2 aliphatic heterocycles. The van der Waals surface area contributed by atoms with Crippen LogP contribution in [-0.2, 0) is 20.8 Å². The van der Waals surface area contributed by atoms with Crippen molar-refractivity contribution in [1.29, 1.82) is 0 Å². The summed E-state index contributed by atoms with van der Waals surface area (Å²) in [6, 6.07) is 4.14. The quantitative estimate of drug-likeness (QED) is 0.764. The molecule has 0 bridgehead atoms. The van der Waals surface area contributed by atoms with E-state index in [2.05, 4.69) is 22.5 Å². The predicted octanol–water partition coefficient (Wildman–Crippen LogP) is 3.04. The first kappa shape index (κ1) is 22.3. The third-order valence-corrected chi connectivity index (χ3v) is 4.61. The molecule has 0 saturated carbocycles. The Labute approximate surface area is 162 Å². The van der Waals surface area contributed by atoms with Crippen molar-refractivity contribution in [3.63, 3.8) is 0 Å². The van der Waals surface area contributed by atoms with Crippen molar-refractivity contribution in [1.82, 2.24) is 9.88 Å². The summed E-state index contributed by atoms with van der Waals surface area (Å²) in [6.07, 6.45) is 4.06. The van der Waals surface area contributed by atoms with Gasteiger partial charge in [0.2, 0.25) is 0 Å². The molecule has 1 spiro atoms. The molecular formula is C19H25F3N2O4. The number of halogens is 3. The molecule has 2 fully saturated rings. The number of likely N-dealkylation sites (tertiary alicyclic amines) is 1. The van der Waals surface area contributed by atoms with E-state index >= 15 is 0 Å². The van der Waals surface area contributed by atoms with Crippen molar-refractivity contribution < 1.29 is 32.5 Å². The maximum atomic E-state index is 10.6. The normalized spacial score (nSPS) is 25.2. The van der Waals surface area contributed by atoms with Gasteiger partial charge in [-0.2, -0.15) is 13.2 Å². The van der Waals surface area contributed by atoms with Gasteiger partial charge in [0.25, 0.3) is 0 Å². The standard InChI is InChI=1S/C17H24N2O2.C2HF3O2/c1-2-9-20-16-10-17(21-13-16)6-4-8-19(14-17)12-15-5-3-7-18-11-15;3-2(4,5)1(6)7/h2-3,5,7,11,16H,1,4,6,8-10,12-14H2;(H,6,7). The van der Waals surface area contributed by atoms with Crippen molar-refractivity contribution in [2.24, 2.45) is 0 Å². The number of ether oxygens (including phenoxy) is 2. The van der Waals surface area contributed by atoms with E-state index in [-0.39, 0.29) is 11.7 Å². The highest BCUT2D eigenvalue weighted by Gasteiger charge is 2.43. The second kappa shape index (κ2) is 9.99. The summed E-state index contributed by atoms with van der Waals surface area (Å²) < 4.78 is 43.6. The Bertz CT molecular complexity index is 642. The van der Waals surface area contributed by atoms with Crippen LogP contribution in [0.2, 0.25) is 0 Å². The van der Waals surface area contributed by atoms with Gasteiger partial charge < -0.3 is 14.6 Å². The highest BCUT2D eigenvalue weighted by molar-refractivity contribution is 5.73. The minimum Gasteiger partial charge on any atom is -0.475 e. The average molecular weight is 402 g/mol. The van der Waals surface area contributed by atoms with Crippen molar-refractivity contribution in [3.05, 3.63) is 42.7 Å². The van der Waals surface area contributed by atoms with Crippen LogP contribution in [0.25, 0.3) is 0 Å². The van der Waals surface area contributed by atoms with E-state index in [0.29, 0.717) is 13.2 Å². The molecule has 1 aromatic rings. The molecule has 0 radical (unpaired) electrons. The molecule has 1 N–H and O–H groups in total. The molecule has 2 aliphatic rings. The Morgan fingerprint density at radius 3 is 2.89 bits per heavy atom. The Kier molecular flexibility index (Phi) is 7.97. The molecule has 3 heterocycles. The van der Waals surface area contributed by atoms with E-state index < -0.39 is 12.1 Å². The van der Waals surface area contributed by atoms with E-state index in [1.165, 1.54) is 12.0 Å². The van der Waals surface area contributed by atoms with E-state index in [9.17, 15) is 13.2 Å². The molecule has 0 aliphatic carbocycles. The number of hydrogen-bond donors (Lipinski definition) is 1. The van der Waals surface area contributed by atoms with Gasteiger partial charge in [0.15, 0.2) is 0 Å². The Hall–Kier alpha value is -1.97. The summed E-state index contributed by atoms with van der Waals surface area (Å²) in [5, 5.41) is 7.12. The van der Waals surface area contributed by atoms with Gasteiger partial charge in [0.1, 0.15) is 0 Å². The largest absolute Gasteiger partial charge is 0.490 e. The number of carbonyl (C=O) groups is 1. The van der Waals surface area contributed by atoms with Crippen LogP contribution in [0, 0.1) is 0 Å². The Morgan fingerprint density at radius 2 is 2.29 bits per heavy atom. The number of aromatic nitrogens is 1. The summed E-state index contributed by atoms with van der Waals surface area (Å²) in [5.41, 5.74) is 1.26. The summed E-state index contributed by atoms with van der Waals surface area (Å²) in [6.45, 7) is 8.12. The van der Waals surface area contributed by atoms with Gasteiger partial charge in [0, 0.05) is 31.9 Å². The lowest BCUT2D eigenvalue weighted by atomic mass is 9.89. The third kappa shape index (κ3) is 6.88. The first-order chi connectivity index (χ1) is 13.2. The van der Waals surface area contributed by atoms with E-state index in [1.54, 1.807) is 6.08 Å². The summed E-state index contributed by atoms with van der Waals surface area (Å²) in [5.74, 6) is -2.76. The van der Waals surface area contributed by atoms with Gasteiger partial charge in [0.05, 0.1) is 24.9 Å². The van der Waals surface area contributed by atoms with E-state index in [0.717, 1.165) is 32.5 Å². The lowest BCUT2D eigenvalue weighted by Crippen LogP contribution is -2.47. The zero-order chi connectivity index (χ0) is 20.6. The van der Waals surface area contributed by atoms with Crippen LogP contribution < -0.4 is 0 Å². The smallest absolute Gasteiger partial charge is 0.475 e. The summed E-state index contributed by atoms with van der Waals surface area (Å²) >= 11 is 0. The predicted molar refractivity (Wildman–Crippen MR) is 95.7 cm³/mol. The highest BCUT2D eigenvalue weighted by atomic mass is 19.4. The second-order valence-electron chi connectivity index (χ2n) is 6.92. The number of aliphatic carboxylic acids is 1. The molecule has 0 aromatic carbocycles. The molecular weight excluding hydrogens is 377 g/mol. The molecule has 0 amide bonds. The van der Waals surface area contributed by atoms with Crippen LogP contribution in [0.5, 0.6) is 0 Å². The maximum absolute atomic E-state index is 10.6. The second-order valence-corrected chi connectivity index (χ2v) is 6.92. The molecule has 2 atom stereocenters. The molecule has 3 rings (SSSR count). The zero-order valence-corrected chi connectivity index (χ0v) is 15.5. The maximum Gasteiger partial charge on any atom is 0.490 e. The third-order valence-electron chi connectivity index (χ3n) is 4.61. The minimum absolute atomic E-state index is 0.00764. The lowest BCUT2D eigenvalue weighted by Gasteiger charge is -2.39. The fraction of sp³-hybridized carbons (Fsp3) is 0.579. The number of pyridine rings is 1.